The molecule has 5 heteroatoms. The Morgan fingerprint density at radius 1 is 1.50 bits per heavy atom. The summed E-state index contributed by atoms with van der Waals surface area (Å²) in [5.41, 5.74) is 0.478. The van der Waals surface area contributed by atoms with E-state index < -0.39 is 5.97 Å². The number of carboxylic acid groups (broad SMARTS) is 1. The van der Waals surface area contributed by atoms with Gasteiger partial charge in [0.25, 0.3) is 0 Å². The minimum Gasteiger partial charge on any atom is -0.477 e. The molecule has 0 radical (unpaired) electrons. The van der Waals surface area contributed by atoms with Crippen LogP contribution in [0, 0.1) is 0 Å². The molecule has 5 nitrogen and oxygen atoms in total. The van der Waals surface area contributed by atoms with Crippen molar-refractivity contribution in [2.75, 3.05) is 0 Å². The molecular formula is C7H4N2O3. The Bertz CT molecular complexity index is 435. The predicted molar refractivity (Wildman–Crippen MR) is 38.8 cm³/mol. The van der Waals surface area contributed by atoms with Gasteiger partial charge < -0.3 is 9.63 Å². The van der Waals surface area contributed by atoms with E-state index in [1.165, 1.54) is 18.5 Å². The van der Waals surface area contributed by atoms with Crippen molar-refractivity contribution in [2.24, 2.45) is 0 Å². The van der Waals surface area contributed by atoms with Crippen LogP contribution in [0.5, 0.6) is 0 Å². The molecule has 0 aromatic carbocycles. The van der Waals surface area contributed by atoms with E-state index >= 15 is 0 Å². The molecule has 60 valence electrons. The summed E-state index contributed by atoms with van der Waals surface area (Å²) in [5, 5.41) is 12.7. The number of carboxylic acids is 1. The van der Waals surface area contributed by atoms with Gasteiger partial charge in [0.2, 0.25) is 0 Å². The molecule has 2 rings (SSSR count). The molecule has 0 saturated carbocycles. The predicted octanol–water partition coefficient (Wildman–Crippen LogP) is 0.921. The zero-order valence-corrected chi connectivity index (χ0v) is 5.89. The van der Waals surface area contributed by atoms with Crippen LogP contribution in [0.4, 0.5) is 0 Å². The number of nitrogens with zero attached hydrogens (tertiary/aromatic N) is 2. The maximum absolute atomic E-state index is 10.5. The lowest BCUT2D eigenvalue weighted by Crippen LogP contribution is -1.98. The molecule has 0 atom stereocenters. The Balaban J connectivity index is 2.68. The first-order valence-corrected chi connectivity index (χ1v) is 3.21. The molecule has 2 heterocycles. The highest BCUT2D eigenvalue weighted by molar-refractivity contribution is 5.89. The zero-order chi connectivity index (χ0) is 8.55. The normalized spacial score (nSPS) is 10.3. The molecule has 12 heavy (non-hydrogen) atoms. The van der Waals surface area contributed by atoms with Crippen molar-refractivity contribution in [1.29, 1.82) is 0 Å². The zero-order valence-electron chi connectivity index (χ0n) is 5.89. The van der Waals surface area contributed by atoms with E-state index in [-0.39, 0.29) is 5.69 Å². The molecule has 0 aliphatic heterocycles. The summed E-state index contributed by atoms with van der Waals surface area (Å²) in [6.07, 6.45) is 2.79. The second-order valence-electron chi connectivity index (χ2n) is 2.24. The molecule has 2 aromatic rings. The molecule has 0 bridgehead atoms. The topological polar surface area (TPSA) is 76.2 Å². The highest BCUT2D eigenvalue weighted by Gasteiger charge is 2.06. The number of carbonyl (C=O) groups is 1. The maximum atomic E-state index is 10.5. The van der Waals surface area contributed by atoms with E-state index in [2.05, 4.69) is 10.1 Å². The van der Waals surface area contributed by atoms with Crippen LogP contribution in [-0.4, -0.2) is 21.2 Å². The van der Waals surface area contributed by atoms with Crippen LogP contribution in [0.25, 0.3) is 11.0 Å². The molecule has 0 saturated heterocycles. The number of pyridine rings is 1. The average molecular weight is 164 g/mol. The Labute approximate surface area is 66.6 Å². The summed E-state index contributed by atoms with van der Waals surface area (Å²) in [5.74, 6) is -1.06. The lowest BCUT2D eigenvalue weighted by atomic mass is 10.3. The Kier molecular flexibility index (Phi) is 1.30. The van der Waals surface area contributed by atoms with Gasteiger partial charge in [-0.05, 0) is 6.07 Å². The Hall–Kier alpha value is -1.91. The maximum Gasteiger partial charge on any atom is 0.354 e. The van der Waals surface area contributed by atoms with Crippen LogP contribution >= 0.6 is 0 Å². The number of rotatable bonds is 1. The lowest BCUT2D eigenvalue weighted by molar-refractivity contribution is 0.0690. The van der Waals surface area contributed by atoms with E-state index in [0.29, 0.717) is 11.0 Å². The largest absolute Gasteiger partial charge is 0.477 e. The van der Waals surface area contributed by atoms with Gasteiger partial charge in [0.1, 0.15) is 5.69 Å². The fourth-order valence-corrected chi connectivity index (χ4v) is 0.892. The van der Waals surface area contributed by atoms with Crippen LogP contribution < -0.4 is 0 Å². The summed E-state index contributed by atoms with van der Waals surface area (Å²) in [7, 11) is 0. The summed E-state index contributed by atoms with van der Waals surface area (Å²) >= 11 is 0. The minimum atomic E-state index is -1.06. The minimum absolute atomic E-state index is 0.00861. The van der Waals surface area contributed by atoms with Gasteiger partial charge in [-0.3, -0.25) is 0 Å². The van der Waals surface area contributed by atoms with Crippen LogP contribution in [-0.2, 0) is 0 Å². The van der Waals surface area contributed by atoms with Crippen molar-refractivity contribution in [2.45, 2.75) is 0 Å². The first-order chi connectivity index (χ1) is 5.77. The van der Waals surface area contributed by atoms with Crippen LogP contribution in [0.3, 0.4) is 0 Å². The van der Waals surface area contributed by atoms with Gasteiger partial charge in [0.15, 0.2) is 5.58 Å². The van der Waals surface area contributed by atoms with E-state index in [9.17, 15) is 4.79 Å². The molecule has 1 N–H and O–H groups in total. The quantitative estimate of drug-likeness (QED) is 0.678. The van der Waals surface area contributed by atoms with Crippen LogP contribution in [0.1, 0.15) is 10.5 Å². The molecule has 0 spiro atoms. The number of aromatic nitrogens is 2. The standard InChI is InChI=1S/C7H4N2O3/c10-7(11)5-1-4-2-9-12-6(4)3-8-5/h1-3H,(H,10,11). The van der Waals surface area contributed by atoms with E-state index in [4.69, 9.17) is 9.63 Å². The monoisotopic (exact) mass is 164 g/mol. The fraction of sp³-hybridized carbons (Fsp3) is 0. The molecule has 0 fully saturated rings. The van der Waals surface area contributed by atoms with Crippen molar-refractivity contribution in [3.8, 4) is 0 Å². The van der Waals surface area contributed by atoms with E-state index in [1.54, 1.807) is 0 Å². The smallest absolute Gasteiger partial charge is 0.354 e. The first kappa shape index (κ1) is 6.78. The first-order valence-electron chi connectivity index (χ1n) is 3.21. The third-order valence-corrected chi connectivity index (χ3v) is 1.46. The van der Waals surface area contributed by atoms with Gasteiger partial charge in [-0.25, -0.2) is 9.78 Å². The van der Waals surface area contributed by atoms with E-state index in [0.717, 1.165) is 0 Å². The summed E-state index contributed by atoms with van der Waals surface area (Å²) in [4.78, 5) is 14.1. The third-order valence-electron chi connectivity index (χ3n) is 1.46. The third kappa shape index (κ3) is 0.914. The van der Waals surface area contributed by atoms with Gasteiger partial charge in [-0.2, -0.15) is 0 Å². The summed E-state index contributed by atoms with van der Waals surface area (Å²) in [6, 6.07) is 1.41. The number of hydrogen-bond acceptors (Lipinski definition) is 4. The van der Waals surface area contributed by atoms with Gasteiger partial charge >= 0.3 is 5.97 Å². The highest BCUT2D eigenvalue weighted by Crippen LogP contribution is 2.12. The average Bonchev–Trinajstić information content (AvgIpc) is 2.49. The number of fused-ring (bicyclic) bond motifs is 1. The Morgan fingerprint density at radius 2 is 2.33 bits per heavy atom. The molecular weight excluding hydrogens is 160 g/mol. The van der Waals surface area contributed by atoms with Crippen molar-refractivity contribution >= 4 is 16.9 Å². The van der Waals surface area contributed by atoms with Gasteiger partial charge in [0, 0.05) is 5.39 Å². The van der Waals surface area contributed by atoms with E-state index in [1.807, 2.05) is 0 Å². The Morgan fingerprint density at radius 3 is 3.08 bits per heavy atom. The van der Waals surface area contributed by atoms with Gasteiger partial charge in [-0.1, -0.05) is 5.16 Å². The van der Waals surface area contributed by atoms with Crippen molar-refractivity contribution in [3.05, 3.63) is 24.2 Å². The summed E-state index contributed by atoms with van der Waals surface area (Å²) in [6.45, 7) is 0. The molecule has 0 aliphatic carbocycles. The molecule has 2 aromatic heterocycles. The molecule has 0 amide bonds. The lowest BCUT2D eigenvalue weighted by Gasteiger charge is -1.90. The van der Waals surface area contributed by atoms with Gasteiger partial charge in [-0.15, -0.1) is 0 Å². The van der Waals surface area contributed by atoms with Crippen molar-refractivity contribution < 1.29 is 14.4 Å². The molecule has 0 aliphatic rings. The molecule has 0 unspecified atom stereocenters. The second-order valence-corrected chi connectivity index (χ2v) is 2.24. The second kappa shape index (κ2) is 2.30. The van der Waals surface area contributed by atoms with Crippen LogP contribution in [0.15, 0.2) is 23.0 Å². The van der Waals surface area contributed by atoms with Crippen molar-refractivity contribution in [3.63, 3.8) is 0 Å². The van der Waals surface area contributed by atoms with Crippen molar-refractivity contribution in [1.82, 2.24) is 10.1 Å². The summed E-state index contributed by atoms with van der Waals surface area (Å²) < 4.78 is 4.75. The van der Waals surface area contributed by atoms with Crippen LogP contribution in [0.2, 0.25) is 0 Å². The fourth-order valence-electron chi connectivity index (χ4n) is 0.892. The SMILES string of the molecule is O=C(O)c1cc2cnoc2cn1. The van der Waals surface area contributed by atoms with Gasteiger partial charge in [0.05, 0.1) is 12.4 Å². The number of aromatic carboxylic acids is 1. The number of hydrogen-bond donors (Lipinski definition) is 1. The highest BCUT2D eigenvalue weighted by atomic mass is 16.5.